The van der Waals surface area contributed by atoms with Gasteiger partial charge in [0.1, 0.15) is 11.3 Å². The van der Waals surface area contributed by atoms with Crippen LogP contribution < -0.4 is 10.1 Å². The minimum atomic E-state index is -0.144. The number of aromatic nitrogens is 1. The molecule has 6 nitrogen and oxygen atoms in total. The van der Waals surface area contributed by atoms with Gasteiger partial charge in [0, 0.05) is 11.6 Å². The highest BCUT2D eigenvalue weighted by atomic mass is 16.5. The Labute approximate surface area is 161 Å². The third-order valence-corrected chi connectivity index (χ3v) is 4.83. The Morgan fingerprint density at radius 3 is 2.52 bits per heavy atom. The fourth-order valence-electron chi connectivity index (χ4n) is 3.11. The van der Waals surface area contributed by atoms with E-state index in [0.29, 0.717) is 17.0 Å². The summed E-state index contributed by atoms with van der Waals surface area (Å²) in [6.07, 6.45) is 1.99. The Bertz CT molecular complexity index is 721. The molecule has 0 aliphatic carbocycles. The van der Waals surface area contributed by atoms with Gasteiger partial charge in [0.2, 0.25) is 0 Å². The first-order chi connectivity index (χ1) is 13.0. The number of methoxy groups -OCH3 is 1. The molecule has 6 heteroatoms. The maximum Gasteiger partial charge on any atom is 0.257 e. The van der Waals surface area contributed by atoms with Crippen LogP contribution in [0.2, 0.25) is 0 Å². The minimum Gasteiger partial charge on any atom is -0.497 e. The zero-order valence-corrected chi connectivity index (χ0v) is 17.0. The Balaban J connectivity index is 2.02. The van der Waals surface area contributed by atoms with Gasteiger partial charge in [-0.15, -0.1) is 0 Å². The molecule has 0 aliphatic heterocycles. The number of hydrogen-bond donors (Lipinski definition) is 1. The van der Waals surface area contributed by atoms with E-state index in [4.69, 9.17) is 9.26 Å². The lowest BCUT2D eigenvalue weighted by atomic mass is 10.1. The summed E-state index contributed by atoms with van der Waals surface area (Å²) in [6, 6.07) is 7.49. The minimum absolute atomic E-state index is 0.0890. The topological polar surface area (TPSA) is 67.6 Å². The lowest BCUT2D eigenvalue weighted by Crippen LogP contribution is -2.34. The van der Waals surface area contributed by atoms with E-state index >= 15 is 0 Å². The van der Waals surface area contributed by atoms with Crippen molar-refractivity contribution >= 4 is 5.91 Å². The Morgan fingerprint density at radius 1 is 1.26 bits per heavy atom. The predicted octanol–water partition coefficient (Wildman–Crippen LogP) is 3.90. The van der Waals surface area contributed by atoms with Crippen LogP contribution in [0.25, 0.3) is 11.3 Å². The molecule has 0 bridgehead atoms. The number of ether oxygens (including phenoxy) is 1. The Hall–Kier alpha value is -2.34. The number of rotatable bonds is 10. The van der Waals surface area contributed by atoms with Crippen molar-refractivity contribution in [2.75, 3.05) is 26.7 Å². The van der Waals surface area contributed by atoms with Crippen LogP contribution in [0.4, 0.5) is 0 Å². The van der Waals surface area contributed by atoms with Crippen LogP contribution in [0.15, 0.2) is 28.8 Å². The average molecular weight is 373 g/mol. The van der Waals surface area contributed by atoms with E-state index in [1.165, 1.54) is 0 Å². The molecular formula is C21H31N3O3. The van der Waals surface area contributed by atoms with Crippen molar-refractivity contribution < 1.29 is 14.1 Å². The monoisotopic (exact) mass is 373 g/mol. The molecule has 27 heavy (non-hydrogen) atoms. The van der Waals surface area contributed by atoms with Crippen molar-refractivity contribution in [2.24, 2.45) is 0 Å². The summed E-state index contributed by atoms with van der Waals surface area (Å²) in [6.45, 7) is 11.3. The number of amides is 1. The van der Waals surface area contributed by atoms with Crippen molar-refractivity contribution in [1.29, 1.82) is 0 Å². The summed E-state index contributed by atoms with van der Waals surface area (Å²) in [7, 11) is 1.62. The van der Waals surface area contributed by atoms with Gasteiger partial charge in [-0.05, 0) is 70.6 Å². The van der Waals surface area contributed by atoms with Gasteiger partial charge in [0.15, 0.2) is 5.76 Å². The summed E-state index contributed by atoms with van der Waals surface area (Å²) >= 11 is 0. The van der Waals surface area contributed by atoms with Crippen molar-refractivity contribution in [3.63, 3.8) is 0 Å². The van der Waals surface area contributed by atoms with E-state index in [1.54, 1.807) is 14.0 Å². The second-order valence-corrected chi connectivity index (χ2v) is 6.74. The summed E-state index contributed by atoms with van der Waals surface area (Å²) < 4.78 is 10.6. The van der Waals surface area contributed by atoms with Crippen molar-refractivity contribution in [3.8, 4) is 17.1 Å². The highest BCUT2D eigenvalue weighted by Gasteiger charge is 2.23. The second kappa shape index (κ2) is 10.1. The third kappa shape index (κ3) is 5.57. The van der Waals surface area contributed by atoms with Crippen LogP contribution in [0.3, 0.4) is 0 Å². The summed E-state index contributed by atoms with van der Waals surface area (Å²) in [5.74, 6) is 1.10. The van der Waals surface area contributed by atoms with Gasteiger partial charge in [-0.25, -0.2) is 0 Å². The van der Waals surface area contributed by atoms with Gasteiger partial charge in [-0.2, -0.15) is 0 Å². The van der Waals surface area contributed by atoms with Crippen molar-refractivity contribution in [3.05, 3.63) is 35.5 Å². The molecule has 1 heterocycles. The maximum atomic E-state index is 12.8. The first-order valence-corrected chi connectivity index (χ1v) is 9.64. The van der Waals surface area contributed by atoms with E-state index in [1.807, 2.05) is 31.2 Å². The predicted molar refractivity (Wildman–Crippen MR) is 107 cm³/mol. The molecule has 0 saturated heterocycles. The molecule has 1 aromatic carbocycles. The average Bonchev–Trinajstić information content (AvgIpc) is 3.07. The van der Waals surface area contributed by atoms with E-state index < -0.39 is 0 Å². The van der Waals surface area contributed by atoms with Crippen LogP contribution in [0.1, 0.15) is 49.7 Å². The molecule has 0 aliphatic rings. The molecule has 2 aromatic rings. The highest BCUT2D eigenvalue weighted by Crippen LogP contribution is 2.28. The van der Waals surface area contributed by atoms with E-state index in [9.17, 15) is 4.79 Å². The number of benzene rings is 1. The molecule has 0 fully saturated rings. The molecule has 1 unspecified atom stereocenters. The molecule has 1 atom stereocenters. The van der Waals surface area contributed by atoms with Gasteiger partial charge >= 0.3 is 0 Å². The van der Waals surface area contributed by atoms with Crippen LogP contribution in [0.5, 0.6) is 5.75 Å². The molecule has 1 amide bonds. The van der Waals surface area contributed by atoms with Gasteiger partial charge in [0.05, 0.1) is 12.8 Å². The van der Waals surface area contributed by atoms with Gasteiger partial charge in [-0.3, -0.25) is 4.79 Å². The molecule has 2 rings (SSSR count). The number of nitrogens with one attached hydrogen (secondary N) is 1. The number of carbonyl (C=O) groups excluding carboxylic acids is 1. The van der Waals surface area contributed by atoms with Gasteiger partial charge < -0.3 is 19.5 Å². The second-order valence-electron chi connectivity index (χ2n) is 6.74. The van der Waals surface area contributed by atoms with E-state index in [2.05, 4.69) is 29.2 Å². The summed E-state index contributed by atoms with van der Waals surface area (Å²) in [4.78, 5) is 15.2. The van der Waals surface area contributed by atoms with E-state index in [0.717, 1.165) is 43.8 Å². The third-order valence-electron chi connectivity index (χ3n) is 4.83. The van der Waals surface area contributed by atoms with Crippen LogP contribution >= 0.6 is 0 Å². The molecule has 1 N–H and O–H groups in total. The number of carbonyl (C=O) groups is 1. The van der Waals surface area contributed by atoms with Crippen LogP contribution in [0, 0.1) is 6.92 Å². The maximum absolute atomic E-state index is 12.8. The highest BCUT2D eigenvalue weighted by molar-refractivity contribution is 6.00. The molecule has 0 saturated carbocycles. The normalized spacial score (nSPS) is 12.2. The molecule has 1 aromatic heterocycles. The Morgan fingerprint density at radius 2 is 1.93 bits per heavy atom. The molecule has 148 valence electrons. The largest absolute Gasteiger partial charge is 0.497 e. The standard InChI is InChI=1S/C21H31N3O3/c1-6-24(7-2)14-8-9-15(3)22-21(25)19-16(4)23-27-20(19)17-10-12-18(26-5)13-11-17/h10-13,15H,6-9,14H2,1-5H3,(H,22,25). The van der Waals surface area contributed by atoms with Crippen LogP contribution in [-0.2, 0) is 0 Å². The number of aryl methyl sites for hydroxylation is 1. The quantitative estimate of drug-likeness (QED) is 0.684. The van der Waals surface area contributed by atoms with E-state index in [-0.39, 0.29) is 11.9 Å². The number of nitrogens with zero attached hydrogens (tertiary/aromatic N) is 2. The van der Waals surface area contributed by atoms with Gasteiger partial charge in [-0.1, -0.05) is 19.0 Å². The first kappa shape index (κ1) is 21.0. The Kier molecular flexibility index (Phi) is 7.85. The van der Waals surface area contributed by atoms with Crippen LogP contribution in [-0.4, -0.2) is 48.7 Å². The smallest absolute Gasteiger partial charge is 0.257 e. The molecule has 0 radical (unpaired) electrons. The number of hydrogen-bond acceptors (Lipinski definition) is 5. The van der Waals surface area contributed by atoms with Crippen molar-refractivity contribution in [2.45, 2.75) is 46.6 Å². The zero-order valence-electron chi connectivity index (χ0n) is 17.0. The lowest BCUT2D eigenvalue weighted by molar-refractivity contribution is 0.0937. The SMILES string of the molecule is CCN(CC)CCCC(C)NC(=O)c1c(C)noc1-c1ccc(OC)cc1. The van der Waals surface area contributed by atoms with Gasteiger partial charge in [0.25, 0.3) is 5.91 Å². The molecule has 0 spiro atoms. The summed E-state index contributed by atoms with van der Waals surface area (Å²) in [5.41, 5.74) is 1.89. The first-order valence-electron chi connectivity index (χ1n) is 9.64. The summed E-state index contributed by atoms with van der Waals surface area (Å²) in [5, 5.41) is 7.08. The fraction of sp³-hybridized carbons (Fsp3) is 0.524. The van der Waals surface area contributed by atoms with Crippen molar-refractivity contribution in [1.82, 2.24) is 15.4 Å². The molecular weight excluding hydrogens is 342 g/mol. The lowest BCUT2D eigenvalue weighted by Gasteiger charge is -2.19. The zero-order chi connectivity index (χ0) is 19.8. The fourth-order valence-corrected chi connectivity index (χ4v) is 3.11.